The Balaban J connectivity index is 1.88. The molecule has 0 spiro atoms. The Labute approximate surface area is 147 Å². The largest absolute Gasteiger partial charge is 0.348 e. The summed E-state index contributed by atoms with van der Waals surface area (Å²) in [7, 11) is -1.45. The smallest absolute Gasteiger partial charge is 0.252 e. The third-order valence-electron chi connectivity index (χ3n) is 4.53. The molecule has 1 aliphatic rings. The maximum absolute atomic E-state index is 12.9. The van der Waals surface area contributed by atoms with Crippen LogP contribution in [0.25, 0.3) is 11.0 Å². The van der Waals surface area contributed by atoms with Crippen LogP contribution in [0.4, 0.5) is 0 Å². The second kappa shape index (κ2) is 6.38. The molecule has 1 saturated heterocycles. The molecule has 25 heavy (non-hydrogen) atoms. The van der Waals surface area contributed by atoms with Crippen LogP contribution in [-0.2, 0) is 17.1 Å². The zero-order valence-electron chi connectivity index (χ0n) is 14.9. The van der Waals surface area contributed by atoms with E-state index in [-0.39, 0.29) is 11.9 Å². The number of rotatable bonds is 3. The van der Waals surface area contributed by atoms with Crippen LogP contribution < -0.4 is 5.32 Å². The molecule has 1 fully saturated rings. The molecule has 9 heteroatoms. The molecule has 0 aliphatic carbocycles. The predicted molar refractivity (Wildman–Crippen MR) is 94.9 cm³/mol. The highest BCUT2D eigenvalue weighted by Gasteiger charge is 2.28. The van der Waals surface area contributed by atoms with Gasteiger partial charge in [0.1, 0.15) is 0 Å². The van der Waals surface area contributed by atoms with E-state index in [0.29, 0.717) is 24.3 Å². The van der Waals surface area contributed by atoms with Gasteiger partial charge in [-0.1, -0.05) is 0 Å². The van der Waals surface area contributed by atoms with E-state index in [2.05, 4.69) is 15.4 Å². The second-order valence-electron chi connectivity index (χ2n) is 6.65. The summed E-state index contributed by atoms with van der Waals surface area (Å²) in [6, 6.07) is 1.56. The summed E-state index contributed by atoms with van der Waals surface area (Å²) in [4.78, 5) is 17.3. The number of nitrogens with one attached hydrogen (secondary N) is 1. The van der Waals surface area contributed by atoms with Crippen molar-refractivity contribution in [3.05, 3.63) is 23.0 Å². The summed E-state index contributed by atoms with van der Waals surface area (Å²) in [5.41, 5.74) is 2.69. The van der Waals surface area contributed by atoms with E-state index in [1.165, 1.54) is 10.6 Å². The summed E-state index contributed by atoms with van der Waals surface area (Å²) in [6.07, 6.45) is 2.69. The van der Waals surface area contributed by atoms with Crippen molar-refractivity contribution in [1.82, 2.24) is 24.4 Å². The number of hydrogen-bond donors (Lipinski definition) is 1. The highest BCUT2D eigenvalue weighted by molar-refractivity contribution is 7.88. The minimum Gasteiger partial charge on any atom is -0.348 e. The second-order valence-corrected chi connectivity index (χ2v) is 8.63. The van der Waals surface area contributed by atoms with Crippen molar-refractivity contribution in [2.75, 3.05) is 19.3 Å². The van der Waals surface area contributed by atoms with E-state index < -0.39 is 10.0 Å². The van der Waals surface area contributed by atoms with Crippen LogP contribution in [0.1, 0.15) is 34.6 Å². The van der Waals surface area contributed by atoms with Crippen LogP contribution in [0.15, 0.2) is 6.07 Å². The number of aromatic nitrogens is 3. The molecule has 3 heterocycles. The Hall–Kier alpha value is -2.00. The number of fused-ring (bicyclic) bond motifs is 1. The topological polar surface area (TPSA) is 97.2 Å². The fraction of sp³-hybridized carbons (Fsp3) is 0.562. The van der Waals surface area contributed by atoms with E-state index in [4.69, 9.17) is 0 Å². The lowest BCUT2D eigenvalue weighted by atomic mass is 10.1. The molecule has 2 aromatic heterocycles. The van der Waals surface area contributed by atoms with Crippen LogP contribution in [-0.4, -0.2) is 58.8 Å². The lowest BCUT2D eigenvalue weighted by Crippen LogP contribution is -2.49. The molecule has 0 bridgehead atoms. The Kier molecular flexibility index (Phi) is 4.54. The van der Waals surface area contributed by atoms with Gasteiger partial charge in [0.25, 0.3) is 5.91 Å². The third-order valence-corrected chi connectivity index (χ3v) is 5.80. The summed E-state index contributed by atoms with van der Waals surface area (Å²) in [5, 5.41) is 8.07. The molecule has 0 radical (unpaired) electrons. The molecule has 1 atom stereocenters. The van der Waals surface area contributed by atoms with Gasteiger partial charge in [-0.3, -0.25) is 9.48 Å². The molecule has 0 saturated carbocycles. The minimum absolute atomic E-state index is 0.198. The molecule has 3 rings (SSSR count). The molecule has 136 valence electrons. The number of piperidine rings is 1. The van der Waals surface area contributed by atoms with E-state index in [1.54, 1.807) is 17.8 Å². The molecular formula is C16H23N5O3S. The first kappa shape index (κ1) is 17.8. The zero-order chi connectivity index (χ0) is 18.4. The van der Waals surface area contributed by atoms with Crippen LogP contribution in [0, 0.1) is 13.8 Å². The molecular weight excluding hydrogens is 342 g/mol. The fourth-order valence-electron chi connectivity index (χ4n) is 3.37. The standard InChI is InChI=1S/C16H23N5O3S/c1-10-8-13(14-11(2)19-20(3)15(14)17-10)16(22)18-12-6-5-7-21(9-12)25(4,23)24/h8,12H,5-7,9H2,1-4H3,(H,18,22). The minimum atomic E-state index is -3.25. The van der Waals surface area contributed by atoms with Gasteiger partial charge in [-0.05, 0) is 32.8 Å². The number of hydrogen-bond acceptors (Lipinski definition) is 5. The van der Waals surface area contributed by atoms with Crippen molar-refractivity contribution in [3.8, 4) is 0 Å². The van der Waals surface area contributed by atoms with E-state index in [0.717, 1.165) is 29.6 Å². The van der Waals surface area contributed by atoms with Crippen molar-refractivity contribution < 1.29 is 13.2 Å². The van der Waals surface area contributed by atoms with Crippen LogP contribution >= 0.6 is 0 Å². The Morgan fingerprint density at radius 2 is 2.08 bits per heavy atom. The van der Waals surface area contributed by atoms with Gasteiger partial charge >= 0.3 is 0 Å². The lowest BCUT2D eigenvalue weighted by molar-refractivity contribution is 0.0923. The fourth-order valence-corrected chi connectivity index (χ4v) is 4.29. The SMILES string of the molecule is Cc1cc(C(=O)NC2CCCN(S(C)(=O)=O)C2)c2c(C)nn(C)c2n1. The third kappa shape index (κ3) is 3.52. The van der Waals surface area contributed by atoms with Crippen LogP contribution in [0.2, 0.25) is 0 Å². The van der Waals surface area contributed by atoms with Crippen LogP contribution in [0.5, 0.6) is 0 Å². The van der Waals surface area contributed by atoms with Crippen molar-refractivity contribution >= 4 is 27.0 Å². The van der Waals surface area contributed by atoms with E-state index in [9.17, 15) is 13.2 Å². The van der Waals surface area contributed by atoms with Crippen molar-refractivity contribution in [2.24, 2.45) is 7.05 Å². The average molecular weight is 365 g/mol. The molecule has 1 aliphatic heterocycles. The van der Waals surface area contributed by atoms with Gasteiger partial charge in [-0.25, -0.2) is 17.7 Å². The number of carbonyl (C=O) groups excluding carboxylic acids is 1. The molecule has 0 aromatic carbocycles. The van der Waals surface area contributed by atoms with Gasteiger partial charge in [0.15, 0.2) is 5.65 Å². The normalized spacial score (nSPS) is 19.3. The lowest BCUT2D eigenvalue weighted by Gasteiger charge is -2.31. The van der Waals surface area contributed by atoms with Crippen molar-refractivity contribution in [1.29, 1.82) is 0 Å². The van der Waals surface area contributed by atoms with Gasteiger partial charge < -0.3 is 5.32 Å². The average Bonchev–Trinajstić information content (AvgIpc) is 2.80. The molecule has 1 N–H and O–H groups in total. The number of amides is 1. The first-order valence-corrected chi connectivity index (χ1v) is 10.1. The summed E-state index contributed by atoms with van der Waals surface area (Å²) >= 11 is 0. The Morgan fingerprint density at radius 1 is 1.36 bits per heavy atom. The number of pyridine rings is 1. The van der Waals surface area contributed by atoms with Gasteiger partial charge in [-0.2, -0.15) is 5.10 Å². The number of nitrogens with zero attached hydrogens (tertiary/aromatic N) is 4. The van der Waals surface area contributed by atoms with Gasteiger partial charge in [0.2, 0.25) is 10.0 Å². The number of aryl methyl sites for hydroxylation is 3. The Bertz CT molecular complexity index is 935. The van der Waals surface area contributed by atoms with E-state index >= 15 is 0 Å². The van der Waals surface area contributed by atoms with Gasteiger partial charge in [-0.15, -0.1) is 0 Å². The predicted octanol–water partition coefficient (Wildman–Crippen LogP) is 0.739. The number of carbonyl (C=O) groups is 1. The number of sulfonamides is 1. The van der Waals surface area contributed by atoms with Gasteiger partial charge in [0, 0.05) is 31.9 Å². The summed E-state index contributed by atoms with van der Waals surface area (Å²) in [5.74, 6) is -0.216. The van der Waals surface area contributed by atoms with Crippen molar-refractivity contribution in [3.63, 3.8) is 0 Å². The molecule has 8 nitrogen and oxygen atoms in total. The molecule has 2 aromatic rings. The van der Waals surface area contributed by atoms with E-state index in [1.807, 2.05) is 13.8 Å². The summed E-state index contributed by atoms with van der Waals surface area (Å²) < 4.78 is 26.6. The maximum Gasteiger partial charge on any atom is 0.252 e. The molecule has 1 amide bonds. The first-order chi connectivity index (χ1) is 11.7. The zero-order valence-corrected chi connectivity index (χ0v) is 15.7. The quantitative estimate of drug-likeness (QED) is 0.865. The van der Waals surface area contributed by atoms with Crippen LogP contribution in [0.3, 0.4) is 0 Å². The first-order valence-electron chi connectivity index (χ1n) is 8.23. The highest BCUT2D eigenvalue weighted by atomic mass is 32.2. The highest BCUT2D eigenvalue weighted by Crippen LogP contribution is 2.22. The monoisotopic (exact) mass is 365 g/mol. The Morgan fingerprint density at radius 3 is 2.76 bits per heavy atom. The molecule has 1 unspecified atom stereocenters. The van der Waals surface area contributed by atoms with Crippen molar-refractivity contribution in [2.45, 2.75) is 32.7 Å². The maximum atomic E-state index is 12.9. The summed E-state index contributed by atoms with van der Waals surface area (Å²) in [6.45, 7) is 4.50. The van der Waals surface area contributed by atoms with Gasteiger partial charge in [0.05, 0.1) is 22.9 Å².